The lowest BCUT2D eigenvalue weighted by Gasteiger charge is -2.37. The van der Waals surface area contributed by atoms with Crippen molar-refractivity contribution in [3.63, 3.8) is 0 Å². The molecule has 1 fully saturated rings. The second-order valence-electron chi connectivity index (χ2n) is 5.73. The molecule has 104 valence electrons. The van der Waals surface area contributed by atoms with Crippen LogP contribution in [-0.2, 0) is 9.53 Å². The van der Waals surface area contributed by atoms with Crippen molar-refractivity contribution in [3.8, 4) is 0 Å². The highest BCUT2D eigenvalue weighted by atomic mass is 19.1. The third kappa shape index (κ3) is 4.50. The van der Waals surface area contributed by atoms with Crippen molar-refractivity contribution in [2.24, 2.45) is 0 Å². The minimum absolute atomic E-state index is 0.165. The highest BCUT2D eigenvalue weighted by molar-refractivity contribution is 5.70. The summed E-state index contributed by atoms with van der Waals surface area (Å²) in [6, 6.07) is 0. The van der Waals surface area contributed by atoms with E-state index in [0.29, 0.717) is 13.0 Å². The molecule has 0 aliphatic carbocycles. The summed E-state index contributed by atoms with van der Waals surface area (Å²) in [6.07, 6.45) is -0.553. The summed E-state index contributed by atoms with van der Waals surface area (Å²) in [7, 11) is 0. The molecule has 18 heavy (non-hydrogen) atoms. The number of likely N-dealkylation sites (tertiary alicyclic amines) is 1. The van der Waals surface area contributed by atoms with E-state index in [1.54, 1.807) is 20.8 Å². The summed E-state index contributed by atoms with van der Waals surface area (Å²) < 4.78 is 19.4. The maximum atomic E-state index is 14.2. The molecule has 0 bridgehead atoms. The van der Waals surface area contributed by atoms with Crippen LogP contribution in [0.3, 0.4) is 0 Å². The molecule has 1 heterocycles. The summed E-state index contributed by atoms with van der Waals surface area (Å²) in [4.78, 5) is 23.6. The van der Waals surface area contributed by atoms with Gasteiger partial charge in [0, 0.05) is 6.54 Å². The van der Waals surface area contributed by atoms with E-state index in [4.69, 9.17) is 9.84 Å². The van der Waals surface area contributed by atoms with Gasteiger partial charge in [0.15, 0.2) is 0 Å². The Balaban J connectivity index is 2.63. The molecule has 1 aliphatic heterocycles. The standard InChI is InChI=1S/C12H20FNO4/c1-11(2,3)18-10(17)14-6-4-5-12(13,8-14)7-9(15)16/h4-8H2,1-3H3,(H,15,16)/t12-/m0/s1. The number of ether oxygens (including phenoxy) is 1. The molecule has 6 heteroatoms. The lowest BCUT2D eigenvalue weighted by atomic mass is 9.92. The Kier molecular flexibility index (Phi) is 4.19. The zero-order valence-electron chi connectivity index (χ0n) is 11.0. The van der Waals surface area contributed by atoms with Crippen LogP contribution < -0.4 is 0 Å². The Hall–Kier alpha value is -1.33. The predicted molar refractivity (Wildman–Crippen MR) is 63.1 cm³/mol. The largest absolute Gasteiger partial charge is 0.481 e. The molecule has 0 radical (unpaired) electrons. The number of rotatable bonds is 2. The van der Waals surface area contributed by atoms with Crippen LogP contribution in [0, 0.1) is 0 Å². The van der Waals surface area contributed by atoms with Crippen LogP contribution in [0.1, 0.15) is 40.0 Å². The van der Waals surface area contributed by atoms with Gasteiger partial charge in [-0.25, -0.2) is 9.18 Å². The van der Waals surface area contributed by atoms with Crippen molar-refractivity contribution >= 4 is 12.1 Å². The summed E-state index contributed by atoms with van der Waals surface area (Å²) in [5, 5.41) is 8.67. The van der Waals surface area contributed by atoms with Crippen LogP contribution in [0.2, 0.25) is 0 Å². The first-order valence-electron chi connectivity index (χ1n) is 6.00. The Labute approximate surface area is 106 Å². The second-order valence-corrected chi connectivity index (χ2v) is 5.73. The lowest BCUT2D eigenvalue weighted by Crippen LogP contribution is -2.50. The minimum Gasteiger partial charge on any atom is -0.481 e. The van der Waals surface area contributed by atoms with Crippen LogP contribution >= 0.6 is 0 Å². The van der Waals surface area contributed by atoms with Gasteiger partial charge in [-0.05, 0) is 33.6 Å². The van der Waals surface area contributed by atoms with Gasteiger partial charge in [-0.2, -0.15) is 0 Å². The van der Waals surface area contributed by atoms with Gasteiger partial charge in [-0.15, -0.1) is 0 Å². The molecule has 0 aromatic rings. The first-order chi connectivity index (χ1) is 8.11. The molecule has 1 N–H and O–H groups in total. The minimum atomic E-state index is -1.85. The van der Waals surface area contributed by atoms with E-state index < -0.39 is 29.8 Å². The van der Waals surface area contributed by atoms with Gasteiger partial charge in [-0.1, -0.05) is 0 Å². The smallest absolute Gasteiger partial charge is 0.410 e. The number of halogens is 1. The molecule has 1 saturated heterocycles. The fourth-order valence-corrected chi connectivity index (χ4v) is 1.98. The quantitative estimate of drug-likeness (QED) is 0.827. The maximum Gasteiger partial charge on any atom is 0.410 e. The van der Waals surface area contributed by atoms with E-state index in [-0.39, 0.29) is 13.0 Å². The molecular weight excluding hydrogens is 241 g/mol. The average Bonchev–Trinajstić information content (AvgIpc) is 2.12. The zero-order valence-corrected chi connectivity index (χ0v) is 11.0. The highest BCUT2D eigenvalue weighted by Crippen LogP contribution is 2.29. The monoisotopic (exact) mass is 261 g/mol. The molecule has 1 atom stereocenters. The fourth-order valence-electron chi connectivity index (χ4n) is 1.98. The molecular formula is C12H20FNO4. The first-order valence-corrected chi connectivity index (χ1v) is 6.00. The van der Waals surface area contributed by atoms with Gasteiger partial charge >= 0.3 is 12.1 Å². The summed E-state index contributed by atoms with van der Waals surface area (Å²) in [5.74, 6) is -1.19. The topological polar surface area (TPSA) is 66.8 Å². The second kappa shape index (κ2) is 5.12. The normalized spacial score (nSPS) is 24.8. The number of piperidine rings is 1. The van der Waals surface area contributed by atoms with E-state index in [1.807, 2.05) is 0 Å². The Morgan fingerprint density at radius 1 is 1.44 bits per heavy atom. The van der Waals surface area contributed by atoms with Crippen LogP contribution in [0.4, 0.5) is 9.18 Å². The third-order valence-electron chi connectivity index (χ3n) is 2.65. The maximum absolute atomic E-state index is 14.2. The van der Waals surface area contributed by atoms with E-state index in [9.17, 15) is 14.0 Å². The van der Waals surface area contributed by atoms with E-state index >= 15 is 0 Å². The Morgan fingerprint density at radius 2 is 2.06 bits per heavy atom. The van der Waals surface area contributed by atoms with Crippen molar-refractivity contribution in [1.82, 2.24) is 4.90 Å². The number of hydrogen-bond acceptors (Lipinski definition) is 3. The van der Waals surface area contributed by atoms with Gasteiger partial charge in [0.25, 0.3) is 0 Å². The Bertz CT molecular complexity index is 339. The van der Waals surface area contributed by atoms with Crippen molar-refractivity contribution in [2.75, 3.05) is 13.1 Å². The fraction of sp³-hybridized carbons (Fsp3) is 0.833. The van der Waals surface area contributed by atoms with Gasteiger partial charge in [0.2, 0.25) is 0 Å². The SMILES string of the molecule is CC(C)(C)OC(=O)N1CCC[C@](F)(CC(=O)O)C1. The molecule has 0 saturated carbocycles. The van der Waals surface area contributed by atoms with E-state index in [1.165, 1.54) is 4.90 Å². The number of carbonyl (C=O) groups is 2. The first kappa shape index (κ1) is 14.7. The highest BCUT2D eigenvalue weighted by Gasteiger charge is 2.40. The van der Waals surface area contributed by atoms with Crippen LogP contribution in [-0.4, -0.2) is 46.4 Å². The number of aliphatic carboxylic acids is 1. The molecule has 0 unspecified atom stereocenters. The molecule has 0 aromatic heterocycles. The number of carboxylic acids is 1. The summed E-state index contributed by atoms with van der Waals surface area (Å²) in [6.45, 7) is 5.38. The summed E-state index contributed by atoms with van der Waals surface area (Å²) in [5.41, 5.74) is -2.48. The average molecular weight is 261 g/mol. The number of carboxylic acid groups (broad SMARTS) is 1. The number of hydrogen-bond donors (Lipinski definition) is 1. The van der Waals surface area contributed by atoms with Crippen molar-refractivity contribution in [3.05, 3.63) is 0 Å². The number of carbonyl (C=O) groups excluding carboxylic acids is 1. The van der Waals surface area contributed by atoms with Crippen LogP contribution in [0.5, 0.6) is 0 Å². The lowest BCUT2D eigenvalue weighted by molar-refractivity contribution is -0.141. The molecule has 5 nitrogen and oxygen atoms in total. The molecule has 1 aliphatic rings. The van der Waals surface area contributed by atoms with Gasteiger partial charge in [-0.3, -0.25) is 4.79 Å². The van der Waals surface area contributed by atoms with Crippen LogP contribution in [0.15, 0.2) is 0 Å². The third-order valence-corrected chi connectivity index (χ3v) is 2.65. The molecule has 1 rings (SSSR count). The molecule has 0 aromatic carbocycles. The van der Waals surface area contributed by atoms with Crippen molar-refractivity contribution < 1.29 is 23.8 Å². The number of nitrogens with zero attached hydrogens (tertiary/aromatic N) is 1. The molecule has 0 spiro atoms. The predicted octanol–water partition coefficient (Wildman–Crippen LogP) is 2.20. The van der Waals surface area contributed by atoms with Crippen LogP contribution in [0.25, 0.3) is 0 Å². The van der Waals surface area contributed by atoms with Crippen molar-refractivity contribution in [1.29, 1.82) is 0 Å². The molecule has 1 amide bonds. The number of alkyl halides is 1. The van der Waals surface area contributed by atoms with Gasteiger partial charge in [0.1, 0.15) is 11.3 Å². The zero-order chi connectivity index (χ0) is 14.0. The van der Waals surface area contributed by atoms with Gasteiger partial charge < -0.3 is 14.7 Å². The Morgan fingerprint density at radius 3 is 2.56 bits per heavy atom. The number of amides is 1. The van der Waals surface area contributed by atoms with E-state index in [2.05, 4.69) is 0 Å². The van der Waals surface area contributed by atoms with Crippen molar-refractivity contribution in [2.45, 2.75) is 51.3 Å². The van der Waals surface area contributed by atoms with Gasteiger partial charge in [0.05, 0.1) is 13.0 Å². The van der Waals surface area contributed by atoms with E-state index in [0.717, 1.165) is 0 Å². The summed E-state index contributed by atoms with van der Waals surface area (Å²) >= 11 is 0.